The smallest absolute Gasteiger partial charge is 0.274 e. The van der Waals surface area contributed by atoms with Crippen LogP contribution in [0.5, 0.6) is 0 Å². The van der Waals surface area contributed by atoms with Crippen molar-refractivity contribution in [1.82, 2.24) is 9.97 Å². The average Bonchev–Trinajstić information content (AvgIpc) is 2.48. The van der Waals surface area contributed by atoms with Gasteiger partial charge in [-0.1, -0.05) is 11.8 Å². The Morgan fingerprint density at radius 1 is 1.35 bits per heavy atom. The van der Waals surface area contributed by atoms with Crippen LogP contribution in [-0.2, 0) is 0 Å². The van der Waals surface area contributed by atoms with Crippen molar-refractivity contribution in [1.29, 1.82) is 0 Å². The summed E-state index contributed by atoms with van der Waals surface area (Å²) in [5.74, 6) is 4.94. The minimum Gasteiger partial charge on any atom is -0.384 e. The van der Waals surface area contributed by atoms with Crippen molar-refractivity contribution >= 4 is 11.6 Å². The highest BCUT2D eigenvalue weighted by Crippen LogP contribution is 2.12. The van der Waals surface area contributed by atoms with Gasteiger partial charge < -0.3 is 10.4 Å². The second-order valence-corrected chi connectivity index (χ2v) is 4.04. The first kappa shape index (κ1) is 13.7. The van der Waals surface area contributed by atoms with E-state index in [1.54, 1.807) is 30.6 Å². The first-order valence-electron chi connectivity index (χ1n) is 5.98. The van der Waals surface area contributed by atoms with Crippen molar-refractivity contribution in [3.8, 4) is 11.8 Å². The molecular formula is C15H13N3O2. The van der Waals surface area contributed by atoms with Crippen LogP contribution in [0, 0.1) is 18.8 Å². The zero-order chi connectivity index (χ0) is 14.4. The molecule has 100 valence electrons. The third-order valence-corrected chi connectivity index (χ3v) is 2.58. The van der Waals surface area contributed by atoms with Crippen LogP contribution < -0.4 is 5.32 Å². The molecule has 0 aliphatic carbocycles. The molecule has 2 heterocycles. The highest BCUT2D eigenvalue weighted by atomic mass is 16.2. The van der Waals surface area contributed by atoms with Gasteiger partial charge in [0, 0.05) is 29.8 Å². The van der Waals surface area contributed by atoms with E-state index in [0.29, 0.717) is 16.9 Å². The standard InChI is InChI=1S/C15H13N3O2/c1-11-9-16-7-6-13(11)18-15(20)14-5-4-12(10-17-14)3-2-8-19/h4-7,9-10,19H,8H2,1H3,(H,16,18,20). The van der Waals surface area contributed by atoms with Crippen molar-refractivity contribution in [2.24, 2.45) is 0 Å². The van der Waals surface area contributed by atoms with Crippen molar-refractivity contribution in [2.75, 3.05) is 11.9 Å². The van der Waals surface area contributed by atoms with Crippen LogP contribution in [0.4, 0.5) is 5.69 Å². The Morgan fingerprint density at radius 2 is 2.20 bits per heavy atom. The molecule has 20 heavy (non-hydrogen) atoms. The van der Waals surface area contributed by atoms with Crippen LogP contribution in [0.1, 0.15) is 21.6 Å². The van der Waals surface area contributed by atoms with Gasteiger partial charge in [-0.15, -0.1) is 0 Å². The van der Waals surface area contributed by atoms with Gasteiger partial charge in [0.1, 0.15) is 12.3 Å². The highest BCUT2D eigenvalue weighted by Gasteiger charge is 2.08. The molecule has 0 aliphatic rings. The van der Waals surface area contributed by atoms with E-state index in [1.165, 1.54) is 6.20 Å². The van der Waals surface area contributed by atoms with E-state index in [9.17, 15) is 4.79 Å². The van der Waals surface area contributed by atoms with Crippen LogP contribution in [0.2, 0.25) is 0 Å². The van der Waals surface area contributed by atoms with Gasteiger partial charge in [-0.05, 0) is 30.7 Å². The minimum atomic E-state index is -0.291. The van der Waals surface area contributed by atoms with Crippen molar-refractivity contribution in [3.05, 3.63) is 53.6 Å². The summed E-state index contributed by atoms with van der Waals surface area (Å²) in [4.78, 5) is 20.0. The van der Waals surface area contributed by atoms with Gasteiger partial charge in [0.15, 0.2) is 0 Å². The number of nitrogens with zero attached hydrogens (tertiary/aromatic N) is 2. The molecule has 0 unspecified atom stereocenters. The largest absolute Gasteiger partial charge is 0.384 e. The number of hydrogen-bond acceptors (Lipinski definition) is 4. The number of nitrogens with one attached hydrogen (secondary N) is 1. The molecule has 0 saturated carbocycles. The predicted molar refractivity (Wildman–Crippen MR) is 75.1 cm³/mol. The number of rotatable bonds is 2. The van der Waals surface area contributed by atoms with Crippen LogP contribution in [-0.4, -0.2) is 27.6 Å². The monoisotopic (exact) mass is 267 g/mol. The molecule has 2 aromatic heterocycles. The van der Waals surface area contributed by atoms with E-state index >= 15 is 0 Å². The van der Waals surface area contributed by atoms with E-state index < -0.39 is 0 Å². The van der Waals surface area contributed by atoms with Gasteiger partial charge in [0.05, 0.1) is 0 Å². The van der Waals surface area contributed by atoms with Crippen LogP contribution >= 0.6 is 0 Å². The highest BCUT2D eigenvalue weighted by molar-refractivity contribution is 6.03. The minimum absolute atomic E-state index is 0.205. The predicted octanol–water partition coefficient (Wildman–Crippen LogP) is 1.38. The summed E-state index contributed by atoms with van der Waals surface area (Å²) >= 11 is 0. The fourth-order valence-electron chi connectivity index (χ4n) is 1.54. The Kier molecular flexibility index (Phi) is 4.43. The summed E-state index contributed by atoms with van der Waals surface area (Å²) in [5, 5.41) is 11.4. The molecule has 0 aliphatic heterocycles. The van der Waals surface area contributed by atoms with Crippen LogP contribution in [0.25, 0.3) is 0 Å². The second-order valence-electron chi connectivity index (χ2n) is 4.04. The summed E-state index contributed by atoms with van der Waals surface area (Å²) in [6.45, 7) is 1.66. The van der Waals surface area contributed by atoms with E-state index in [0.717, 1.165) is 5.56 Å². The Balaban J connectivity index is 2.12. The molecule has 0 aromatic carbocycles. The van der Waals surface area contributed by atoms with Crippen LogP contribution in [0.3, 0.4) is 0 Å². The fraction of sp³-hybridized carbons (Fsp3) is 0.133. The zero-order valence-electron chi connectivity index (χ0n) is 10.9. The Labute approximate surface area is 116 Å². The van der Waals surface area contributed by atoms with Gasteiger partial charge in [-0.2, -0.15) is 0 Å². The van der Waals surface area contributed by atoms with Gasteiger partial charge in [0.2, 0.25) is 0 Å². The topological polar surface area (TPSA) is 75.1 Å². The lowest BCUT2D eigenvalue weighted by Crippen LogP contribution is -2.14. The number of hydrogen-bond donors (Lipinski definition) is 2. The second kappa shape index (κ2) is 6.45. The van der Waals surface area contributed by atoms with E-state index in [2.05, 4.69) is 27.1 Å². The van der Waals surface area contributed by atoms with Crippen LogP contribution in [0.15, 0.2) is 36.8 Å². The molecule has 2 aromatic rings. The molecular weight excluding hydrogens is 254 g/mol. The molecule has 2 N–H and O–H groups in total. The van der Waals surface area contributed by atoms with E-state index in [-0.39, 0.29) is 12.5 Å². The number of aliphatic hydroxyl groups is 1. The molecule has 0 saturated heterocycles. The molecule has 5 nitrogen and oxygen atoms in total. The number of anilines is 1. The molecule has 0 fully saturated rings. The lowest BCUT2D eigenvalue weighted by molar-refractivity contribution is 0.102. The maximum atomic E-state index is 12.0. The maximum Gasteiger partial charge on any atom is 0.274 e. The third-order valence-electron chi connectivity index (χ3n) is 2.58. The SMILES string of the molecule is Cc1cnccc1NC(=O)c1ccc(C#CCO)cn1. The molecule has 0 radical (unpaired) electrons. The summed E-state index contributed by atoms with van der Waals surface area (Å²) in [6, 6.07) is 5.01. The molecule has 2 rings (SSSR count). The van der Waals surface area contributed by atoms with Crippen molar-refractivity contribution in [2.45, 2.75) is 6.92 Å². The van der Waals surface area contributed by atoms with Gasteiger partial charge >= 0.3 is 0 Å². The van der Waals surface area contributed by atoms with E-state index in [1.807, 2.05) is 6.92 Å². The summed E-state index contributed by atoms with van der Waals surface area (Å²) in [5.41, 5.74) is 2.54. The first-order chi connectivity index (χ1) is 9.70. The first-order valence-corrected chi connectivity index (χ1v) is 5.98. The Morgan fingerprint density at radius 3 is 2.85 bits per heavy atom. The zero-order valence-corrected chi connectivity index (χ0v) is 10.9. The molecule has 5 heteroatoms. The third kappa shape index (κ3) is 3.40. The van der Waals surface area contributed by atoms with E-state index in [4.69, 9.17) is 5.11 Å². The van der Waals surface area contributed by atoms with Crippen molar-refractivity contribution in [3.63, 3.8) is 0 Å². The lowest BCUT2D eigenvalue weighted by Gasteiger charge is -2.06. The number of aryl methyl sites for hydroxylation is 1. The summed E-state index contributed by atoms with van der Waals surface area (Å²) in [7, 11) is 0. The molecule has 0 spiro atoms. The summed E-state index contributed by atoms with van der Waals surface area (Å²) < 4.78 is 0. The number of carbonyl (C=O) groups is 1. The number of carbonyl (C=O) groups excluding carboxylic acids is 1. The summed E-state index contributed by atoms with van der Waals surface area (Å²) in [6.07, 6.45) is 4.79. The number of aromatic nitrogens is 2. The number of aliphatic hydroxyl groups excluding tert-OH is 1. The van der Waals surface area contributed by atoms with Crippen molar-refractivity contribution < 1.29 is 9.90 Å². The molecule has 1 amide bonds. The Hall–Kier alpha value is -2.71. The molecule has 0 bridgehead atoms. The maximum absolute atomic E-state index is 12.0. The van der Waals surface area contributed by atoms with Gasteiger partial charge in [0.25, 0.3) is 5.91 Å². The quantitative estimate of drug-likeness (QED) is 0.806. The number of amides is 1. The normalized spacial score (nSPS) is 9.50. The Bertz CT molecular complexity index is 670. The van der Waals surface area contributed by atoms with Gasteiger partial charge in [-0.25, -0.2) is 4.98 Å². The number of pyridine rings is 2. The van der Waals surface area contributed by atoms with Gasteiger partial charge in [-0.3, -0.25) is 9.78 Å². The lowest BCUT2D eigenvalue weighted by atomic mass is 10.2. The molecule has 0 atom stereocenters. The fourth-order valence-corrected chi connectivity index (χ4v) is 1.54. The average molecular weight is 267 g/mol.